The van der Waals surface area contributed by atoms with Gasteiger partial charge in [0.25, 0.3) is 0 Å². The minimum absolute atomic E-state index is 0.0228. The van der Waals surface area contributed by atoms with Crippen molar-refractivity contribution in [3.05, 3.63) is 51.6 Å². The molecule has 0 spiro atoms. The van der Waals surface area contributed by atoms with Crippen molar-refractivity contribution >= 4 is 17.5 Å². The quantitative estimate of drug-likeness (QED) is 0.288. The van der Waals surface area contributed by atoms with Crippen LogP contribution in [-0.4, -0.2) is 108 Å². The zero-order chi connectivity index (χ0) is 31.9. The molecule has 2 aromatic rings. The molecule has 2 aliphatic carbocycles. The van der Waals surface area contributed by atoms with Crippen molar-refractivity contribution in [2.45, 2.75) is 74.9 Å². The lowest BCUT2D eigenvalue weighted by atomic mass is 9.72. The molecule has 45 heavy (non-hydrogen) atoms. The summed E-state index contributed by atoms with van der Waals surface area (Å²) >= 11 is 0. The van der Waals surface area contributed by atoms with E-state index in [0.717, 1.165) is 0 Å². The number of methoxy groups -OCH3 is 2. The van der Waals surface area contributed by atoms with Crippen LogP contribution in [-0.2, 0) is 34.9 Å². The largest absolute Gasteiger partial charge is 0.507 e. The number of hydrogen-bond acceptors (Lipinski definition) is 13. The SMILES string of the molecule is COc1cccc2c1C(=O)c1c(O)c3c(c(O)c1C2=O)CC(O)(C(N)=O)CC3O[C@H]1C[C@H]2[C@H](O[C@@H]3[C@@H](OC)OCCN32)[C@H](C)O1. The van der Waals surface area contributed by atoms with E-state index in [9.17, 15) is 29.7 Å². The number of primary amides is 1. The maximum Gasteiger partial charge on any atom is 0.249 e. The number of phenolic OH excluding ortho intramolecular Hbond substituents is 2. The molecule has 14 nitrogen and oxygen atoms in total. The second-order valence-electron chi connectivity index (χ2n) is 12.1. The van der Waals surface area contributed by atoms with Crippen molar-refractivity contribution in [1.82, 2.24) is 4.90 Å². The summed E-state index contributed by atoms with van der Waals surface area (Å²) < 4.78 is 35.3. The summed E-state index contributed by atoms with van der Waals surface area (Å²) in [4.78, 5) is 42.2. The number of benzene rings is 2. The average molecular weight is 627 g/mol. The molecule has 8 atom stereocenters. The first-order valence-electron chi connectivity index (χ1n) is 14.7. The van der Waals surface area contributed by atoms with Crippen molar-refractivity contribution in [2.75, 3.05) is 27.4 Å². The molecule has 2 aromatic carbocycles. The molecule has 3 saturated heterocycles. The number of aliphatic hydroxyl groups is 1. The number of nitrogens with zero attached hydrogens (tertiary/aromatic N) is 1. The van der Waals surface area contributed by atoms with Crippen molar-refractivity contribution < 1.29 is 58.1 Å². The van der Waals surface area contributed by atoms with Gasteiger partial charge in [-0.2, -0.15) is 0 Å². The maximum absolute atomic E-state index is 13.8. The highest BCUT2D eigenvalue weighted by Gasteiger charge is 2.55. The number of aromatic hydroxyl groups is 2. The smallest absolute Gasteiger partial charge is 0.249 e. The van der Waals surface area contributed by atoms with Crippen LogP contribution in [0.3, 0.4) is 0 Å². The van der Waals surface area contributed by atoms with Gasteiger partial charge < -0.3 is 49.5 Å². The van der Waals surface area contributed by atoms with Gasteiger partial charge in [0.15, 0.2) is 24.6 Å². The van der Waals surface area contributed by atoms with Crippen LogP contribution in [0.5, 0.6) is 17.2 Å². The number of carbonyl (C=O) groups excluding carboxylic acids is 3. The van der Waals surface area contributed by atoms with Gasteiger partial charge in [-0.25, -0.2) is 0 Å². The molecule has 240 valence electrons. The molecule has 1 amide bonds. The van der Waals surface area contributed by atoms with Crippen LogP contribution in [0.1, 0.15) is 68.8 Å². The highest BCUT2D eigenvalue weighted by atomic mass is 16.7. The fourth-order valence-corrected chi connectivity index (χ4v) is 7.52. The van der Waals surface area contributed by atoms with Crippen molar-refractivity contribution in [1.29, 1.82) is 0 Å². The number of nitrogens with two attached hydrogens (primary N) is 1. The summed E-state index contributed by atoms with van der Waals surface area (Å²) in [7, 11) is 2.89. The third-order valence-electron chi connectivity index (χ3n) is 9.64. The Balaban J connectivity index is 1.29. The Bertz CT molecular complexity index is 1610. The molecule has 14 heteroatoms. The highest BCUT2D eigenvalue weighted by molar-refractivity contribution is 6.31. The van der Waals surface area contributed by atoms with Crippen LogP contribution in [0.4, 0.5) is 0 Å². The van der Waals surface area contributed by atoms with Gasteiger partial charge in [0.2, 0.25) is 11.7 Å². The fourth-order valence-electron chi connectivity index (χ4n) is 7.52. The standard InChI is InChI=1S/C31H34N2O12/c1-12-27-15(33-7-8-42-29(41-3)28(33)45-27)9-18(43-12)44-17-11-31(39,30(32)38)10-14-20(17)26(37)22-21(24(14)35)23(34)13-5-4-6-16(40-2)19(13)25(22)36/h4-6,12,15,17-18,27-29,35,37,39H,7-11H2,1-3H3,(H2,32,38)/t12-,15-,17?,18-,27+,28+,29-,31?/m0/s1. The van der Waals surface area contributed by atoms with E-state index in [0.29, 0.717) is 19.6 Å². The lowest BCUT2D eigenvalue weighted by Gasteiger charge is -2.43. The van der Waals surface area contributed by atoms with E-state index < -0.39 is 89.6 Å². The first-order chi connectivity index (χ1) is 21.5. The first-order valence-corrected chi connectivity index (χ1v) is 14.7. The molecule has 0 radical (unpaired) electrons. The molecule has 3 fully saturated rings. The minimum atomic E-state index is -2.21. The van der Waals surface area contributed by atoms with Gasteiger partial charge in [-0.05, 0) is 13.0 Å². The summed E-state index contributed by atoms with van der Waals surface area (Å²) in [5.41, 5.74) is 2.30. The van der Waals surface area contributed by atoms with Crippen molar-refractivity contribution in [2.24, 2.45) is 5.73 Å². The fraction of sp³-hybridized carbons (Fsp3) is 0.516. The summed E-state index contributed by atoms with van der Waals surface area (Å²) in [6.07, 6.45) is -4.62. The summed E-state index contributed by atoms with van der Waals surface area (Å²) in [6, 6.07) is 4.30. The Hall–Kier alpha value is -3.63. The van der Waals surface area contributed by atoms with Crippen LogP contribution >= 0.6 is 0 Å². The number of fused-ring (bicyclic) bond motifs is 6. The van der Waals surface area contributed by atoms with Gasteiger partial charge in [-0.1, -0.05) is 12.1 Å². The van der Waals surface area contributed by atoms with E-state index in [2.05, 4.69) is 4.90 Å². The molecular formula is C31H34N2O12. The second kappa shape index (κ2) is 10.7. The number of ether oxygens (including phenoxy) is 6. The lowest BCUT2D eigenvalue weighted by molar-refractivity contribution is -0.256. The van der Waals surface area contributed by atoms with Crippen LogP contribution < -0.4 is 10.5 Å². The molecule has 2 unspecified atom stereocenters. The summed E-state index contributed by atoms with van der Waals surface area (Å²) in [5, 5.41) is 34.6. The number of phenols is 2. The van der Waals surface area contributed by atoms with E-state index in [4.69, 9.17) is 34.2 Å². The third kappa shape index (κ3) is 4.39. The number of hydrogen-bond donors (Lipinski definition) is 4. The third-order valence-corrected chi connectivity index (χ3v) is 9.64. The summed E-state index contributed by atoms with van der Waals surface area (Å²) in [6.45, 7) is 2.85. The molecule has 7 rings (SSSR count). The Morgan fingerprint density at radius 1 is 1.09 bits per heavy atom. The summed E-state index contributed by atoms with van der Waals surface area (Å²) in [5.74, 6) is -3.68. The topological polar surface area (TPSA) is 197 Å². The zero-order valence-electron chi connectivity index (χ0n) is 24.8. The normalized spacial score (nSPS) is 33.9. The number of carbonyl (C=O) groups is 3. The van der Waals surface area contributed by atoms with Crippen LogP contribution in [0.25, 0.3) is 0 Å². The number of amides is 1. The maximum atomic E-state index is 13.8. The van der Waals surface area contributed by atoms with Gasteiger partial charge in [0, 0.05) is 55.6 Å². The van der Waals surface area contributed by atoms with Crippen molar-refractivity contribution in [3.8, 4) is 17.2 Å². The zero-order valence-corrected chi connectivity index (χ0v) is 24.8. The predicted octanol–water partition coefficient (Wildman–Crippen LogP) is 0.635. The van der Waals surface area contributed by atoms with E-state index in [-0.39, 0.29) is 40.1 Å². The van der Waals surface area contributed by atoms with Crippen LogP contribution in [0, 0.1) is 0 Å². The molecule has 5 aliphatic rings. The number of ketones is 2. The van der Waals surface area contributed by atoms with E-state index >= 15 is 0 Å². The predicted molar refractivity (Wildman–Crippen MR) is 151 cm³/mol. The van der Waals surface area contributed by atoms with Gasteiger partial charge in [0.1, 0.15) is 29.0 Å². The van der Waals surface area contributed by atoms with E-state index in [1.54, 1.807) is 7.11 Å². The molecule has 5 N–H and O–H groups in total. The molecule has 3 aliphatic heterocycles. The Morgan fingerprint density at radius 2 is 1.84 bits per heavy atom. The van der Waals surface area contributed by atoms with E-state index in [1.165, 1.54) is 25.3 Å². The second-order valence-corrected chi connectivity index (χ2v) is 12.1. The van der Waals surface area contributed by atoms with Gasteiger partial charge in [-0.15, -0.1) is 0 Å². The van der Waals surface area contributed by atoms with Gasteiger partial charge in [-0.3, -0.25) is 19.3 Å². The van der Waals surface area contributed by atoms with Crippen molar-refractivity contribution in [3.63, 3.8) is 0 Å². The molecular weight excluding hydrogens is 592 g/mol. The Labute approximate surface area is 257 Å². The number of rotatable bonds is 5. The molecule has 3 heterocycles. The Kier molecular flexibility index (Phi) is 7.16. The minimum Gasteiger partial charge on any atom is -0.507 e. The molecule has 0 bridgehead atoms. The molecule has 0 saturated carbocycles. The van der Waals surface area contributed by atoms with Gasteiger partial charge >= 0.3 is 0 Å². The first kappa shape index (κ1) is 30.0. The highest BCUT2D eigenvalue weighted by Crippen LogP contribution is 2.52. The van der Waals surface area contributed by atoms with Crippen LogP contribution in [0.2, 0.25) is 0 Å². The van der Waals surface area contributed by atoms with Crippen LogP contribution in [0.15, 0.2) is 18.2 Å². The average Bonchev–Trinajstić information content (AvgIpc) is 3.40. The monoisotopic (exact) mass is 626 g/mol. The Morgan fingerprint density at radius 3 is 2.56 bits per heavy atom. The van der Waals surface area contributed by atoms with Gasteiger partial charge in [0.05, 0.1) is 42.6 Å². The lowest BCUT2D eigenvalue weighted by Crippen LogP contribution is -2.55. The van der Waals surface area contributed by atoms with E-state index in [1.807, 2.05) is 6.92 Å². The number of morpholine rings is 1. The molecule has 0 aromatic heterocycles.